The molecule has 21 heavy (non-hydrogen) atoms. The highest BCUT2D eigenvalue weighted by Crippen LogP contribution is 2.19. The van der Waals surface area contributed by atoms with Gasteiger partial charge < -0.3 is 10.6 Å². The first-order valence-electron chi connectivity index (χ1n) is 6.70. The molecule has 1 atom stereocenters. The predicted molar refractivity (Wildman–Crippen MR) is 85.8 cm³/mol. The van der Waals surface area contributed by atoms with E-state index in [2.05, 4.69) is 10.6 Å². The molecule has 0 fully saturated rings. The van der Waals surface area contributed by atoms with Gasteiger partial charge in [0.05, 0.1) is 4.88 Å². The lowest BCUT2D eigenvalue weighted by molar-refractivity contribution is -0.117. The van der Waals surface area contributed by atoms with Gasteiger partial charge in [0.1, 0.15) is 6.04 Å². The van der Waals surface area contributed by atoms with Crippen molar-refractivity contribution in [2.75, 3.05) is 5.32 Å². The van der Waals surface area contributed by atoms with Gasteiger partial charge in [-0.3, -0.25) is 9.59 Å². The summed E-state index contributed by atoms with van der Waals surface area (Å²) in [6.07, 6.45) is 0. The van der Waals surface area contributed by atoms with Crippen LogP contribution < -0.4 is 10.6 Å². The van der Waals surface area contributed by atoms with Gasteiger partial charge in [0.2, 0.25) is 5.91 Å². The number of aryl methyl sites for hydroxylation is 2. The fourth-order valence-electron chi connectivity index (χ4n) is 1.98. The summed E-state index contributed by atoms with van der Waals surface area (Å²) in [6.45, 7) is 5.56. The standard InChI is InChI=1S/C16H18N2O2S/c1-10-6-4-7-11(2)14(10)18-15(19)12(3)17-16(20)13-8-5-9-21-13/h4-9,12H,1-3H3,(H,17,20)(H,18,19). The third kappa shape index (κ3) is 3.70. The second-order valence-corrected chi connectivity index (χ2v) is 5.88. The van der Waals surface area contributed by atoms with Gasteiger partial charge in [-0.1, -0.05) is 24.3 Å². The topological polar surface area (TPSA) is 58.2 Å². The summed E-state index contributed by atoms with van der Waals surface area (Å²) in [7, 11) is 0. The smallest absolute Gasteiger partial charge is 0.261 e. The van der Waals surface area contributed by atoms with Crippen LogP contribution in [0.2, 0.25) is 0 Å². The Morgan fingerprint density at radius 1 is 1.10 bits per heavy atom. The number of hydrogen-bond acceptors (Lipinski definition) is 3. The average Bonchev–Trinajstić information content (AvgIpc) is 2.97. The third-order valence-electron chi connectivity index (χ3n) is 3.22. The average molecular weight is 302 g/mol. The molecule has 0 radical (unpaired) electrons. The lowest BCUT2D eigenvalue weighted by Crippen LogP contribution is -2.41. The molecule has 0 aliphatic carbocycles. The molecular formula is C16H18N2O2S. The van der Waals surface area contributed by atoms with Gasteiger partial charge in [0.15, 0.2) is 0 Å². The van der Waals surface area contributed by atoms with E-state index in [4.69, 9.17) is 0 Å². The third-order valence-corrected chi connectivity index (χ3v) is 4.08. The molecular weight excluding hydrogens is 284 g/mol. The Morgan fingerprint density at radius 3 is 2.33 bits per heavy atom. The summed E-state index contributed by atoms with van der Waals surface area (Å²) in [5.41, 5.74) is 2.81. The van der Waals surface area contributed by atoms with Crippen LogP contribution in [0.5, 0.6) is 0 Å². The molecule has 0 saturated carbocycles. The fraction of sp³-hybridized carbons (Fsp3) is 0.250. The van der Waals surface area contributed by atoms with Crippen molar-refractivity contribution in [3.63, 3.8) is 0 Å². The van der Waals surface area contributed by atoms with E-state index in [9.17, 15) is 9.59 Å². The lowest BCUT2D eigenvalue weighted by atomic mass is 10.1. The molecule has 2 rings (SSSR count). The van der Waals surface area contributed by atoms with Crippen LogP contribution in [0.1, 0.15) is 27.7 Å². The molecule has 2 N–H and O–H groups in total. The second-order valence-electron chi connectivity index (χ2n) is 4.93. The summed E-state index contributed by atoms with van der Waals surface area (Å²) in [5.74, 6) is -0.452. The summed E-state index contributed by atoms with van der Waals surface area (Å²) in [5, 5.41) is 7.41. The van der Waals surface area contributed by atoms with E-state index in [-0.39, 0.29) is 11.8 Å². The first kappa shape index (κ1) is 15.3. The highest BCUT2D eigenvalue weighted by molar-refractivity contribution is 7.12. The molecule has 2 amide bonds. The molecule has 110 valence electrons. The number of carbonyl (C=O) groups is 2. The Balaban J connectivity index is 2.01. The first-order chi connectivity index (χ1) is 9.99. The van der Waals surface area contributed by atoms with Crippen LogP contribution in [0, 0.1) is 13.8 Å². The first-order valence-corrected chi connectivity index (χ1v) is 7.58. The van der Waals surface area contributed by atoms with Crippen molar-refractivity contribution in [2.24, 2.45) is 0 Å². The van der Waals surface area contributed by atoms with Crippen molar-refractivity contribution >= 4 is 28.8 Å². The van der Waals surface area contributed by atoms with Gasteiger partial charge in [-0.25, -0.2) is 0 Å². The van der Waals surface area contributed by atoms with Crippen LogP contribution in [0.25, 0.3) is 0 Å². The molecule has 0 aliphatic heterocycles. The molecule has 4 nitrogen and oxygen atoms in total. The van der Waals surface area contributed by atoms with Crippen LogP contribution >= 0.6 is 11.3 Å². The fourth-order valence-corrected chi connectivity index (χ4v) is 2.61. The summed E-state index contributed by atoms with van der Waals surface area (Å²) in [6, 6.07) is 8.77. The number of benzene rings is 1. The van der Waals surface area contributed by atoms with E-state index in [1.165, 1.54) is 11.3 Å². The zero-order chi connectivity index (χ0) is 15.4. The molecule has 2 aromatic rings. The molecule has 1 unspecified atom stereocenters. The van der Waals surface area contributed by atoms with Gasteiger partial charge in [0, 0.05) is 5.69 Å². The Bertz CT molecular complexity index is 630. The number of rotatable bonds is 4. The number of thiophene rings is 1. The number of hydrogen-bond donors (Lipinski definition) is 2. The Kier molecular flexibility index (Phi) is 4.75. The molecule has 0 spiro atoms. The molecule has 0 saturated heterocycles. The maximum Gasteiger partial charge on any atom is 0.261 e. The van der Waals surface area contributed by atoms with Crippen molar-refractivity contribution in [2.45, 2.75) is 26.8 Å². The van der Waals surface area contributed by atoms with Gasteiger partial charge in [0.25, 0.3) is 5.91 Å². The normalized spacial score (nSPS) is 11.8. The minimum Gasteiger partial charge on any atom is -0.340 e. The van der Waals surface area contributed by atoms with Crippen LogP contribution in [-0.4, -0.2) is 17.9 Å². The van der Waals surface area contributed by atoms with Gasteiger partial charge >= 0.3 is 0 Å². The van der Waals surface area contributed by atoms with Crippen LogP contribution in [0.15, 0.2) is 35.7 Å². The number of carbonyl (C=O) groups excluding carboxylic acids is 2. The minimum absolute atomic E-state index is 0.225. The monoisotopic (exact) mass is 302 g/mol. The highest BCUT2D eigenvalue weighted by Gasteiger charge is 2.18. The minimum atomic E-state index is -0.599. The number of para-hydroxylation sites is 1. The summed E-state index contributed by atoms with van der Waals surface area (Å²) >= 11 is 1.35. The van der Waals surface area contributed by atoms with Crippen LogP contribution in [-0.2, 0) is 4.79 Å². The van der Waals surface area contributed by atoms with Crippen LogP contribution in [0.3, 0.4) is 0 Å². The van der Waals surface area contributed by atoms with E-state index in [0.29, 0.717) is 4.88 Å². The predicted octanol–water partition coefficient (Wildman–Crippen LogP) is 3.12. The van der Waals surface area contributed by atoms with Crippen molar-refractivity contribution < 1.29 is 9.59 Å². The maximum absolute atomic E-state index is 12.2. The zero-order valence-electron chi connectivity index (χ0n) is 12.3. The zero-order valence-corrected chi connectivity index (χ0v) is 13.1. The Morgan fingerprint density at radius 2 is 1.76 bits per heavy atom. The Hall–Kier alpha value is -2.14. The van der Waals surface area contributed by atoms with Crippen molar-refractivity contribution in [1.82, 2.24) is 5.32 Å². The van der Waals surface area contributed by atoms with E-state index < -0.39 is 6.04 Å². The number of nitrogens with one attached hydrogen (secondary N) is 2. The molecule has 1 aromatic carbocycles. The summed E-state index contributed by atoms with van der Waals surface area (Å²) < 4.78 is 0. The molecule has 0 bridgehead atoms. The largest absolute Gasteiger partial charge is 0.340 e. The summed E-state index contributed by atoms with van der Waals surface area (Å²) in [4.78, 5) is 24.7. The lowest BCUT2D eigenvalue weighted by Gasteiger charge is -2.16. The second kappa shape index (κ2) is 6.54. The Labute approximate surface area is 128 Å². The van der Waals surface area contributed by atoms with Crippen molar-refractivity contribution in [3.8, 4) is 0 Å². The van der Waals surface area contributed by atoms with E-state index in [0.717, 1.165) is 16.8 Å². The number of amides is 2. The van der Waals surface area contributed by atoms with Gasteiger partial charge in [-0.15, -0.1) is 11.3 Å². The van der Waals surface area contributed by atoms with E-state index in [1.807, 2.05) is 37.4 Å². The molecule has 1 heterocycles. The van der Waals surface area contributed by atoms with Crippen molar-refractivity contribution in [3.05, 3.63) is 51.7 Å². The van der Waals surface area contributed by atoms with Gasteiger partial charge in [-0.05, 0) is 43.3 Å². The quantitative estimate of drug-likeness (QED) is 0.911. The molecule has 5 heteroatoms. The van der Waals surface area contributed by atoms with Gasteiger partial charge in [-0.2, -0.15) is 0 Å². The highest BCUT2D eigenvalue weighted by atomic mass is 32.1. The van der Waals surface area contributed by atoms with E-state index in [1.54, 1.807) is 19.1 Å². The molecule has 0 aliphatic rings. The SMILES string of the molecule is Cc1cccc(C)c1NC(=O)C(C)NC(=O)c1cccs1. The van der Waals surface area contributed by atoms with Crippen molar-refractivity contribution in [1.29, 1.82) is 0 Å². The van der Waals surface area contributed by atoms with E-state index >= 15 is 0 Å². The van der Waals surface area contributed by atoms with Crippen LogP contribution in [0.4, 0.5) is 5.69 Å². The number of anilines is 1. The maximum atomic E-state index is 12.2. The molecule has 1 aromatic heterocycles.